The molecule has 0 saturated carbocycles. The van der Waals surface area contributed by atoms with Crippen molar-refractivity contribution in [3.8, 4) is 17.2 Å². The Morgan fingerprint density at radius 3 is 2.58 bits per heavy atom. The van der Waals surface area contributed by atoms with E-state index in [0.29, 0.717) is 76.8 Å². The Morgan fingerprint density at radius 2 is 1.89 bits per heavy atom. The molecule has 14 heteroatoms. The first-order valence-corrected chi connectivity index (χ1v) is 18.4. The fourth-order valence-corrected chi connectivity index (χ4v) is 7.96. The third-order valence-corrected chi connectivity index (χ3v) is 10.7. The molecule has 3 aromatic rings. The van der Waals surface area contributed by atoms with Crippen LogP contribution in [-0.4, -0.2) is 98.1 Å². The van der Waals surface area contributed by atoms with E-state index >= 15 is 0 Å². The molecule has 11 nitrogen and oxygen atoms in total. The number of halogens is 2. The number of aliphatic hydroxyl groups is 1. The van der Waals surface area contributed by atoms with E-state index in [0.717, 1.165) is 42.9 Å². The fourth-order valence-electron chi connectivity index (χ4n) is 6.30. The second kappa shape index (κ2) is 12.6. The van der Waals surface area contributed by atoms with Crippen molar-refractivity contribution in [2.24, 2.45) is 0 Å². The number of aromatic nitrogens is 2. The molecule has 6 rings (SSSR count). The van der Waals surface area contributed by atoms with Crippen molar-refractivity contribution in [2.75, 3.05) is 82.0 Å². The number of nitrogens with zero attached hydrogens (tertiary/aromatic N) is 4. The van der Waals surface area contributed by atoms with Gasteiger partial charge in [0.2, 0.25) is 5.95 Å². The molecule has 45 heavy (non-hydrogen) atoms. The number of hydrogen-bond acceptors (Lipinski definition) is 11. The smallest absolute Gasteiger partial charge is 0.229 e. The van der Waals surface area contributed by atoms with Gasteiger partial charge in [0.15, 0.2) is 17.2 Å². The summed E-state index contributed by atoms with van der Waals surface area (Å²) in [5, 5.41) is 16.4. The van der Waals surface area contributed by atoms with Crippen molar-refractivity contribution in [3.05, 3.63) is 40.5 Å². The molecule has 1 aromatic heterocycles. The van der Waals surface area contributed by atoms with E-state index in [1.165, 1.54) is 0 Å². The number of aryl methyl sites for hydroxylation is 1. The van der Waals surface area contributed by atoms with Crippen LogP contribution in [-0.2, 0) is 4.57 Å². The molecule has 0 spiro atoms. The number of piperidine rings is 1. The number of rotatable bonds is 9. The Labute approximate surface area is 271 Å². The second-order valence-electron chi connectivity index (χ2n) is 12.2. The van der Waals surface area contributed by atoms with Crippen LogP contribution in [0.3, 0.4) is 0 Å². The lowest BCUT2D eigenvalue weighted by Crippen LogP contribution is -2.65. The summed E-state index contributed by atoms with van der Waals surface area (Å²) in [6.45, 7) is 8.22. The molecule has 2 saturated heterocycles. The zero-order valence-electron chi connectivity index (χ0n) is 25.9. The molecule has 0 unspecified atom stereocenters. The van der Waals surface area contributed by atoms with Gasteiger partial charge < -0.3 is 39.4 Å². The van der Waals surface area contributed by atoms with Crippen LogP contribution in [0.25, 0.3) is 0 Å². The number of nitrogens with one attached hydrogen (secondary N) is 2. The van der Waals surface area contributed by atoms with Gasteiger partial charge in [0.1, 0.15) is 31.9 Å². The summed E-state index contributed by atoms with van der Waals surface area (Å²) in [5.41, 5.74) is 2.05. The Kier molecular flexibility index (Phi) is 8.91. The summed E-state index contributed by atoms with van der Waals surface area (Å²) in [6.07, 6.45) is 3.51. The number of anilines is 5. The Balaban J connectivity index is 1.19. The lowest BCUT2D eigenvalue weighted by atomic mass is 9.91. The molecule has 3 aliphatic heterocycles. The molecule has 3 N–H and O–H groups in total. The maximum absolute atomic E-state index is 14.2. The van der Waals surface area contributed by atoms with Crippen LogP contribution >= 0.6 is 23.1 Å². The quantitative estimate of drug-likeness (QED) is 0.260. The molecule has 3 aliphatic rings. The minimum absolute atomic E-state index is 0.312. The van der Waals surface area contributed by atoms with E-state index in [1.54, 1.807) is 32.7 Å². The standard InChI is InChI=1S/C31H39BrFN6O5P/c1-19-13-23(26(42-2)14-24(19)38-9-7-20(8-10-38)39-16-31(33,17-39)18-40)36-30-34-15-21(32)29(37-30)35-22-5-6-25-27(44-12-11-43-25)28(22)45(3,4)41/h5-6,13-15,20,40H,7-12,16-18H2,1-4H3,(H2,34,35,36,37). The molecule has 4 heterocycles. The van der Waals surface area contributed by atoms with Gasteiger partial charge in [-0.3, -0.25) is 4.90 Å². The number of ether oxygens (including phenoxy) is 3. The van der Waals surface area contributed by atoms with E-state index in [4.69, 9.17) is 19.2 Å². The zero-order valence-corrected chi connectivity index (χ0v) is 28.4. The molecular formula is C31H39BrFN6O5P. The number of aliphatic hydroxyl groups excluding tert-OH is 1. The summed E-state index contributed by atoms with van der Waals surface area (Å²) in [4.78, 5) is 13.7. The Morgan fingerprint density at radius 1 is 1.16 bits per heavy atom. The highest BCUT2D eigenvalue weighted by molar-refractivity contribution is 9.10. The van der Waals surface area contributed by atoms with Crippen molar-refractivity contribution in [2.45, 2.75) is 31.5 Å². The molecular weight excluding hydrogens is 666 g/mol. The number of alkyl halides is 1. The van der Waals surface area contributed by atoms with Crippen LogP contribution in [0.2, 0.25) is 0 Å². The van der Waals surface area contributed by atoms with Crippen LogP contribution in [0.5, 0.6) is 17.2 Å². The van der Waals surface area contributed by atoms with Crippen molar-refractivity contribution in [1.82, 2.24) is 14.9 Å². The third kappa shape index (κ3) is 6.58. The summed E-state index contributed by atoms with van der Waals surface area (Å²) < 4.78 is 45.6. The normalized spacial score (nSPS) is 18.3. The minimum Gasteiger partial charge on any atom is -0.494 e. The van der Waals surface area contributed by atoms with Gasteiger partial charge in [0, 0.05) is 50.2 Å². The third-order valence-electron chi connectivity index (χ3n) is 8.56. The fraction of sp³-hybridized carbons (Fsp3) is 0.484. The summed E-state index contributed by atoms with van der Waals surface area (Å²) >= 11 is 3.54. The molecule has 0 aliphatic carbocycles. The van der Waals surface area contributed by atoms with Gasteiger partial charge in [-0.15, -0.1) is 0 Å². The van der Waals surface area contributed by atoms with Gasteiger partial charge in [0.05, 0.1) is 34.9 Å². The van der Waals surface area contributed by atoms with Crippen LogP contribution in [0.4, 0.5) is 33.2 Å². The maximum Gasteiger partial charge on any atom is 0.229 e. The molecule has 242 valence electrons. The lowest BCUT2D eigenvalue weighted by molar-refractivity contribution is -0.0896. The molecule has 2 aromatic carbocycles. The number of benzene rings is 2. The monoisotopic (exact) mass is 704 g/mol. The second-order valence-corrected chi connectivity index (χ2v) is 16.3. The lowest BCUT2D eigenvalue weighted by Gasteiger charge is -2.50. The van der Waals surface area contributed by atoms with Crippen molar-refractivity contribution in [3.63, 3.8) is 0 Å². The molecule has 0 bridgehead atoms. The average Bonchev–Trinajstić information content (AvgIpc) is 3.00. The van der Waals surface area contributed by atoms with E-state index in [9.17, 15) is 14.1 Å². The highest BCUT2D eigenvalue weighted by Crippen LogP contribution is 2.47. The van der Waals surface area contributed by atoms with E-state index in [-0.39, 0.29) is 0 Å². The zero-order chi connectivity index (χ0) is 31.9. The first kappa shape index (κ1) is 31.8. The Bertz CT molecular complexity index is 1630. The average molecular weight is 706 g/mol. The number of fused-ring (bicyclic) bond motifs is 1. The van der Waals surface area contributed by atoms with Crippen LogP contribution in [0.15, 0.2) is 34.9 Å². The number of likely N-dealkylation sites (tertiary alicyclic amines) is 1. The van der Waals surface area contributed by atoms with Crippen molar-refractivity contribution < 1.29 is 28.3 Å². The van der Waals surface area contributed by atoms with Gasteiger partial charge in [-0.1, -0.05) is 0 Å². The van der Waals surface area contributed by atoms with Crippen molar-refractivity contribution >= 4 is 57.2 Å². The summed E-state index contributed by atoms with van der Waals surface area (Å²) in [5.74, 6) is 2.56. The van der Waals surface area contributed by atoms with Gasteiger partial charge in [-0.25, -0.2) is 9.37 Å². The van der Waals surface area contributed by atoms with Crippen LogP contribution < -0.4 is 35.0 Å². The predicted molar refractivity (Wildman–Crippen MR) is 178 cm³/mol. The van der Waals surface area contributed by atoms with Gasteiger partial charge in [0.25, 0.3) is 0 Å². The summed E-state index contributed by atoms with van der Waals surface area (Å²) in [6, 6.07) is 8.01. The van der Waals surface area contributed by atoms with Crippen molar-refractivity contribution in [1.29, 1.82) is 0 Å². The van der Waals surface area contributed by atoms with E-state index < -0.39 is 19.4 Å². The molecule has 0 radical (unpaired) electrons. The number of hydrogen-bond donors (Lipinski definition) is 3. The number of methoxy groups -OCH3 is 1. The molecule has 0 amide bonds. The largest absolute Gasteiger partial charge is 0.494 e. The molecule has 0 atom stereocenters. The summed E-state index contributed by atoms with van der Waals surface area (Å²) in [7, 11) is -1.14. The topological polar surface area (TPSA) is 121 Å². The van der Waals surface area contributed by atoms with E-state index in [2.05, 4.69) is 48.3 Å². The minimum atomic E-state index is -2.77. The SMILES string of the molecule is COc1cc(N2CCC(N3CC(F)(CO)C3)CC2)c(C)cc1Nc1ncc(Br)c(Nc2ccc3c(c2P(C)(C)=O)OCCO3)n1. The van der Waals surface area contributed by atoms with Gasteiger partial charge in [-0.2, -0.15) is 4.98 Å². The Hall–Kier alpha value is -3.12. The van der Waals surface area contributed by atoms with Crippen LogP contribution in [0.1, 0.15) is 18.4 Å². The molecule has 2 fully saturated rings. The maximum atomic E-state index is 14.2. The highest BCUT2D eigenvalue weighted by Gasteiger charge is 2.46. The highest BCUT2D eigenvalue weighted by atomic mass is 79.9. The van der Waals surface area contributed by atoms with Gasteiger partial charge in [-0.05, 0) is 72.8 Å². The van der Waals surface area contributed by atoms with Crippen LogP contribution in [0, 0.1) is 6.92 Å². The predicted octanol–water partition coefficient (Wildman–Crippen LogP) is 5.05. The first-order chi connectivity index (χ1) is 21.5. The van der Waals surface area contributed by atoms with E-state index in [1.807, 2.05) is 18.2 Å². The first-order valence-electron chi connectivity index (χ1n) is 15.0. The van der Waals surface area contributed by atoms with Gasteiger partial charge >= 0.3 is 0 Å².